The monoisotopic (exact) mass is 511 g/mol. The summed E-state index contributed by atoms with van der Waals surface area (Å²) in [4.78, 5) is 27.7. The van der Waals surface area contributed by atoms with Gasteiger partial charge in [-0.25, -0.2) is 0 Å². The fourth-order valence-electron chi connectivity index (χ4n) is 3.74. The maximum Gasteiger partial charge on any atom is 0.300 e. The third-order valence-corrected chi connectivity index (χ3v) is 6.03. The summed E-state index contributed by atoms with van der Waals surface area (Å²) >= 11 is 9.77. The first-order valence-electron chi connectivity index (χ1n) is 9.96. The molecule has 5 nitrogen and oxygen atoms in total. The average molecular weight is 513 g/mol. The maximum atomic E-state index is 13.2. The highest BCUT2D eigenvalue weighted by molar-refractivity contribution is 9.10. The van der Waals surface area contributed by atoms with Crippen LogP contribution >= 0.6 is 27.5 Å². The van der Waals surface area contributed by atoms with Crippen molar-refractivity contribution < 1.29 is 19.4 Å². The highest BCUT2D eigenvalue weighted by atomic mass is 79.9. The van der Waals surface area contributed by atoms with E-state index in [4.69, 9.17) is 16.3 Å². The smallest absolute Gasteiger partial charge is 0.300 e. The van der Waals surface area contributed by atoms with Gasteiger partial charge in [0, 0.05) is 15.7 Å². The summed E-state index contributed by atoms with van der Waals surface area (Å²) in [6.45, 7) is 2.27. The van der Waals surface area contributed by atoms with Gasteiger partial charge < -0.3 is 9.84 Å². The molecular formula is C25H19BrClNO4. The van der Waals surface area contributed by atoms with Crippen molar-refractivity contribution >= 4 is 50.7 Å². The number of benzene rings is 3. The fourth-order valence-corrected chi connectivity index (χ4v) is 4.21. The molecule has 1 amide bonds. The van der Waals surface area contributed by atoms with Gasteiger partial charge in [0.1, 0.15) is 11.5 Å². The van der Waals surface area contributed by atoms with E-state index < -0.39 is 17.7 Å². The Kier molecular flexibility index (Phi) is 6.35. The number of halogens is 2. The van der Waals surface area contributed by atoms with Crippen LogP contribution < -0.4 is 9.64 Å². The molecule has 1 saturated heterocycles. The molecule has 4 rings (SSSR count). The Morgan fingerprint density at radius 1 is 1.06 bits per heavy atom. The van der Waals surface area contributed by atoms with E-state index >= 15 is 0 Å². The molecule has 0 spiro atoms. The zero-order valence-corrected chi connectivity index (χ0v) is 19.4. The van der Waals surface area contributed by atoms with Crippen molar-refractivity contribution in [2.45, 2.75) is 13.0 Å². The quantitative estimate of drug-likeness (QED) is 0.254. The van der Waals surface area contributed by atoms with Crippen molar-refractivity contribution in [2.24, 2.45) is 0 Å². The number of aliphatic hydroxyl groups is 1. The van der Waals surface area contributed by atoms with Crippen molar-refractivity contribution in [3.05, 3.63) is 99.0 Å². The van der Waals surface area contributed by atoms with Crippen LogP contribution in [0.25, 0.3) is 5.76 Å². The second kappa shape index (κ2) is 9.18. The summed E-state index contributed by atoms with van der Waals surface area (Å²) in [6, 6.07) is 20.2. The van der Waals surface area contributed by atoms with Gasteiger partial charge >= 0.3 is 0 Å². The van der Waals surface area contributed by atoms with Gasteiger partial charge in [-0.15, -0.1) is 0 Å². The number of Topliss-reactive ketones (excluding diaryl/α,β-unsaturated/α-hetero) is 1. The minimum absolute atomic E-state index is 0.0308. The Labute approximate surface area is 199 Å². The SMILES string of the molecule is CCOc1ccc(Cl)c(/C(O)=C2\C(=O)C(=O)N(c3ccccc3)C2c2ccc(Br)cc2)c1. The molecule has 162 valence electrons. The highest BCUT2D eigenvalue weighted by Crippen LogP contribution is 2.43. The molecule has 1 aliphatic rings. The standard InChI is InChI=1S/C25H19BrClNO4/c1-2-32-18-12-13-20(27)19(14-18)23(29)21-22(15-8-10-16(26)11-9-15)28(25(31)24(21)30)17-6-4-3-5-7-17/h3-14,22,29H,2H2,1H3/b23-21+. The average Bonchev–Trinajstić information content (AvgIpc) is 3.06. The van der Waals surface area contributed by atoms with E-state index in [0.29, 0.717) is 23.6 Å². The van der Waals surface area contributed by atoms with Crippen LogP contribution in [0.2, 0.25) is 5.02 Å². The van der Waals surface area contributed by atoms with Gasteiger partial charge in [-0.05, 0) is 55.0 Å². The van der Waals surface area contributed by atoms with Gasteiger partial charge in [0.05, 0.1) is 23.2 Å². The molecule has 32 heavy (non-hydrogen) atoms. The molecule has 7 heteroatoms. The van der Waals surface area contributed by atoms with Gasteiger partial charge in [-0.3, -0.25) is 14.5 Å². The van der Waals surface area contributed by atoms with Crippen molar-refractivity contribution in [1.29, 1.82) is 0 Å². The summed E-state index contributed by atoms with van der Waals surface area (Å²) in [6.07, 6.45) is 0. The minimum Gasteiger partial charge on any atom is -0.507 e. The number of ether oxygens (including phenoxy) is 1. The first kappa shape index (κ1) is 22.1. The lowest BCUT2D eigenvalue weighted by molar-refractivity contribution is -0.132. The van der Waals surface area contributed by atoms with E-state index in [1.807, 2.05) is 37.3 Å². The molecular weight excluding hydrogens is 494 g/mol. The van der Waals surface area contributed by atoms with E-state index in [9.17, 15) is 14.7 Å². The Hall–Kier alpha value is -3.09. The Morgan fingerprint density at radius 2 is 1.75 bits per heavy atom. The predicted molar refractivity (Wildman–Crippen MR) is 128 cm³/mol. The van der Waals surface area contributed by atoms with Gasteiger partial charge in [-0.2, -0.15) is 0 Å². The molecule has 1 N–H and O–H groups in total. The zero-order valence-electron chi connectivity index (χ0n) is 17.1. The van der Waals surface area contributed by atoms with Gasteiger partial charge in [0.2, 0.25) is 0 Å². The Bertz CT molecular complexity index is 1210. The van der Waals surface area contributed by atoms with Crippen molar-refractivity contribution in [1.82, 2.24) is 0 Å². The van der Waals surface area contributed by atoms with Crippen LogP contribution in [0.5, 0.6) is 5.75 Å². The fraction of sp³-hybridized carbons (Fsp3) is 0.120. The topological polar surface area (TPSA) is 66.8 Å². The van der Waals surface area contributed by atoms with Gasteiger partial charge in [0.25, 0.3) is 11.7 Å². The van der Waals surface area contributed by atoms with Gasteiger partial charge in [-0.1, -0.05) is 57.9 Å². The summed E-state index contributed by atoms with van der Waals surface area (Å²) in [7, 11) is 0. The van der Waals surface area contributed by atoms with E-state index in [2.05, 4.69) is 15.9 Å². The number of anilines is 1. The first-order chi connectivity index (χ1) is 15.4. The lowest BCUT2D eigenvalue weighted by Crippen LogP contribution is -2.29. The Morgan fingerprint density at radius 3 is 2.41 bits per heavy atom. The van der Waals surface area contributed by atoms with E-state index in [0.717, 1.165) is 4.47 Å². The molecule has 0 bridgehead atoms. The highest BCUT2D eigenvalue weighted by Gasteiger charge is 2.47. The van der Waals surface area contributed by atoms with Crippen LogP contribution in [0.1, 0.15) is 24.1 Å². The van der Waals surface area contributed by atoms with Crippen molar-refractivity contribution in [2.75, 3.05) is 11.5 Å². The zero-order chi connectivity index (χ0) is 22.8. The van der Waals surface area contributed by atoms with Crippen LogP contribution in [0, 0.1) is 0 Å². The van der Waals surface area contributed by atoms with Crippen molar-refractivity contribution in [3.63, 3.8) is 0 Å². The molecule has 3 aromatic rings. The van der Waals surface area contributed by atoms with Crippen molar-refractivity contribution in [3.8, 4) is 5.75 Å². The maximum absolute atomic E-state index is 13.2. The van der Waals surface area contributed by atoms with Crippen LogP contribution in [-0.2, 0) is 9.59 Å². The van der Waals surface area contributed by atoms with Crippen LogP contribution in [-0.4, -0.2) is 23.4 Å². The molecule has 0 aromatic heterocycles. The number of hydrogen-bond donors (Lipinski definition) is 1. The molecule has 1 fully saturated rings. The van der Waals surface area contributed by atoms with Crippen LogP contribution in [0.4, 0.5) is 5.69 Å². The molecule has 1 unspecified atom stereocenters. The number of para-hydroxylation sites is 1. The van der Waals surface area contributed by atoms with Crippen LogP contribution in [0.15, 0.2) is 82.8 Å². The number of amides is 1. The second-order valence-corrected chi connectivity index (χ2v) is 8.45. The van der Waals surface area contributed by atoms with E-state index in [1.165, 1.54) is 4.90 Å². The summed E-state index contributed by atoms with van der Waals surface area (Å²) in [5.41, 5.74) is 1.42. The summed E-state index contributed by atoms with van der Waals surface area (Å²) in [5, 5.41) is 11.5. The van der Waals surface area contributed by atoms with E-state index in [-0.39, 0.29) is 21.9 Å². The number of carbonyl (C=O) groups excluding carboxylic acids is 2. The predicted octanol–water partition coefficient (Wildman–Crippen LogP) is 6.13. The number of ketones is 1. The first-order valence-corrected chi connectivity index (χ1v) is 11.1. The number of rotatable bonds is 5. The lowest BCUT2D eigenvalue weighted by Gasteiger charge is -2.25. The van der Waals surface area contributed by atoms with Gasteiger partial charge in [0.15, 0.2) is 0 Å². The molecule has 0 aliphatic carbocycles. The lowest BCUT2D eigenvalue weighted by atomic mass is 9.95. The number of carbonyl (C=O) groups is 2. The third-order valence-electron chi connectivity index (χ3n) is 5.17. The number of aliphatic hydroxyl groups excluding tert-OH is 1. The number of nitrogens with zero attached hydrogens (tertiary/aromatic N) is 1. The molecule has 3 aromatic carbocycles. The molecule has 0 radical (unpaired) electrons. The molecule has 1 aliphatic heterocycles. The minimum atomic E-state index is -0.822. The second-order valence-electron chi connectivity index (χ2n) is 7.13. The third kappa shape index (κ3) is 4.04. The van der Waals surface area contributed by atoms with E-state index in [1.54, 1.807) is 42.5 Å². The largest absolute Gasteiger partial charge is 0.507 e. The number of hydrogen-bond acceptors (Lipinski definition) is 4. The molecule has 1 atom stereocenters. The van der Waals surface area contributed by atoms with Crippen LogP contribution in [0.3, 0.4) is 0 Å². The molecule has 1 heterocycles. The summed E-state index contributed by atoms with van der Waals surface area (Å²) < 4.78 is 6.37. The summed E-state index contributed by atoms with van der Waals surface area (Å²) in [5.74, 6) is -1.35. The normalized spacial score (nSPS) is 17.6. The Balaban J connectivity index is 1.95. The molecule has 0 saturated carbocycles.